The van der Waals surface area contributed by atoms with E-state index in [4.69, 9.17) is 14.2 Å². The molecule has 1 aliphatic heterocycles. The Kier molecular flexibility index (Phi) is 11.5. The number of para-hydroxylation sites is 1. The van der Waals surface area contributed by atoms with Crippen molar-refractivity contribution in [1.29, 1.82) is 0 Å². The van der Waals surface area contributed by atoms with Crippen LogP contribution < -0.4 is 35.5 Å². The molecule has 0 bridgehead atoms. The lowest BCUT2D eigenvalue weighted by Gasteiger charge is -2.24. The first kappa shape index (κ1) is 33.0. The molecular formula is C32H36N4O8S. The van der Waals surface area contributed by atoms with E-state index in [0.717, 1.165) is 4.90 Å². The minimum atomic E-state index is -1.10. The molecular weight excluding hydrogens is 600 g/mol. The van der Waals surface area contributed by atoms with E-state index in [1.807, 2.05) is 44.4 Å². The first-order chi connectivity index (χ1) is 21.6. The van der Waals surface area contributed by atoms with Crippen LogP contribution in [0, 0.1) is 5.92 Å². The summed E-state index contributed by atoms with van der Waals surface area (Å²) in [7, 11) is 0. The lowest BCUT2D eigenvalue weighted by atomic mass is 10.00. The highest BCUT2D eigenvalue weighted by atomic mass is 32.2. The highest BCUT2D eigenvalue weighted by molar-refractivity contribution is 7.98. The van der Waals surface area contributed by atoms with Gasteiger partial charge in [-0.2, -0.15) is 0 Å². The maximum absolute atomic E-state index is 13.3. The fourth-order valence-electron chi connectivity index (χ4n) is 4.58. The Morgan fingerprint density at radius 2 is 1.67 bits per heavy atom. The normalized spacial score (nSPS) is 13.0. The number of ether oxygens (including phenoxy) is 3. The fraction of sp³-hybridized carbons (Fsp3) is 0.312. The van der Waals surface area contributed by atoms with Crippen molar-refractivity contribution in [2.24, 2.45) is 5.92 Å². The van der Waals surface area contributed by atoms with Gasteiger partial charge in [-0.3, -0.25) is 14.4 Å². The van der Waals surface area contributed by atoms with E-state index >= 15 is 0 Å². The molecule has 12 nitrogen and oxygen atoms in total. The van der Waals surface area contributed by atoms with Gasteiger partial charge in [0.2, 0.25) is 12.7 Å². The topological polar surface area (TPSA) is 164 Å². The summed E-state index contributed by atoms with van der Waals surface area (Å²) in [5.41, 5.74) is 1.76. The van der Waals surface area contributed by atoms with Crippen molar-refractivity contribution in [3.63, 3.8) is 0 Å². The largest absolute Gasteiger partial charge is 0.484 e. The van der Waals surface area contributed by atoms with Crippen molar-refractivity contribution < 1.29 is 38.5 Å². The van der Waals surface area contributed by atoms with Crippen LogP contribution in [0.1, 0.15) is 38.3 Å². The van der Waals surface area contributed by atoms with Gasteiger partial charge in [0.25, 0.3) is 5.91 Å². The SMILES string of the molecule is CSc1ccccc1NC(=O)Nc1ccc(OCC(=O)NC(CC(C)C)C(=O)NC(CC(=O)O)c2ccc3c(c2)OCO3)cc1. The second kappa shape index (κ2) is 15.7. The fourth-order valence-corrected chi connectivity index (χ4v) is 5.14. The molecule has 0 saturated heterocycles. The van der Waals surface area contributed by atoms with Crippen LogP contribution in [0.2, 0.25) is 0 Å². The van der Waals surface area contributed by atoms with Crippen LogP contribution in [0.3, 0.4) is 0 Å². The van der Waals surface area contributed by atoms with Gasteiger partial charge in [0.1, 0.15) is 11.8 Å². The molecule has 0 aromatic heterocycles. The van der Waals surface area contributed by atoms with E-state index in [1.54, 1.807) is 42.5 Å². The van der Waals surface area contributed by atoms with Crippen LogP contribution in [0.25, 0.3) is 0 Å². The zero-order valence-corrected chi connectivity index (χ0v) is 25.9. The number of fused-ring (bicyclic) bond motifs is 1. The van der Waals surface area contributed by atoms with Crippen LogP contribution in [0.4, 0.5) is 16.2 Å². The molecule has 1 heterocycles. The van der Waals surface area contributed by atoms with E-state index < -0.39 is 35.9 Å². The van der Waals surface area contributed by atoms with Crippen molar-refractivity contribution in [1.82, 2.24) is 10.6 Å². The molecule has 45 heavy (non-hydrogen) atoms. The predicted molar refractivity (Wildman–Crippen MR) is 170 cm³/mol. The summed E-state index contributed by atoms with van der Waals surface area (Å²) < 4.78 is 16.3. The minimum Gasteiger partial charge on any atom is -0.484 e. The smallest absolute Gasteiger partial charge is 0.323 e. The van der Waals surface area contributed by atoms with Crippen molar-refractivity contribution in [3.05, 3.63) is 72.3 Å². The number of urea groups is 1. The number of anilines is 2. The average Bonchev–Trinajstić information content (AvgIpc) is 3.48. The van der Waals surface area contributed by atoms with Crippen LogP contribution in [-0.4, -0.2) is 54.6 Å². The van der Waals surface area contributed by atoms with Gasteiger partial charge in [-0.1, -0.05) is 32.0 Å². The highest BCUT2D eigenvalue weighted by Gasteiger charge is 2.27. The molecule has 1 aliphatic rings. The van der Waals surface area contributed by atoms with Gasteiger partial charge in [-0.25, -0.2) is 4.79 Å². The Bertz CT molecular complexity index is 1520. The number of hydrogen-bond donors (Lipinski definition) is 5. The predicted octanol–water partition coefficient (Wildman–Crippen LogP) is 5.02. The molecule has 0 fully saturated rings. The molecule has 0 radical (unpaired) electrons. The first-order valence-electron chi connectivity index (χ1n) is 14.3. The molecule has 3 aromatic carbocycles. The molecule has 238 valence electrons. The number of carboxylic acid groups (broad SMARTS) is 1. The maximum atomic E-state index is 13.3. The quantitative estimate of drug-likeness (QED) is 0.153. The number of carboxylic acids is 1. The lowest BCUT2D eigenvalue weighted by molar-refractivity contribution is -0.138. The molecule has 4 rings (SSSR count). The van der Waals surface area contributed by atoms with Gasteiger partial charge < -0.3 is 40.6 Å². The van der Waals surface area contributed by atoms with Gasteiger partial charge in [-0.15, -0.1) is 11.8 Å². The lowest BCUT2D eigenvalue weighted by Crippen LogP contribution is -2.49. The number of carbonyl (C=O) groups excluding carboxylic acids is 3. The summed E-state index contributed by atoms with van der Waals surface area (Å²) in [6, 6.07) is 16.7. The number of amides is 4. The molecule has 0 saturated carbocycles. The van der Waals surface area contributed by atoms with E-state index in [1.165, 1.54) is 11.8 Å². The second-order valence-corrected chi connectivity index (χ2v) is 11.5. The van der Waals surface area contributed by atoms with E-state index in [9.17, 15) is 24.3 Å². The Labute approximate surface area is 265 Å². The van der Waals surface area contributed by atoms with Gasteiger partial charge in [0.15, 0.2) is 18.1 Å². The molecule has 13 heteroatoms. The van der Waals surface area contributed by atoms with Crippen LogP contribution in [-0.2, 0) is 14.4 Å². The van der Waals surface area contributed by atoms with E-state index in [-0.39, 0.29) is 25.7 Å². The van der Waals surface area contributed by atoms with Crippen molar-refractivity contribution >= 4 is 47.0 Å². The van der Waals surface area contributed by atoms with Gasteiger partial charge in [0.05, 0.1) is 18.2 Å². The molecule has 0 aliphatic carbocycles. The van der Waals surface area contributed by atoms with Gasteiger partial charge in [0, 0.05) is 10.6 Å². The Hall–Kier alpha value is -4.91. The third-order valence-electron chi connectivity index (χ3n) is 6.69. The Morgan fingerprint density at radius 1 is 0.933 bits per heavy atom. The number of benzene rings is 3. The number of hydrogen-bond acceptors (Lipinski definition) is 8. The second-order valence-electron chi connectivity index (χ2n) is 10.6. The van der Waals surface area contributed by atoms with Crippen LogP contribution >= 0.6 is 11.8 Å². The van der Waals surface area contributed by atoms with Crippen molar-refractivity contribution in [2.45, 2.75) is 43.7 Å². The van der Waals surface area contributed by atoms with Crippen molar-refractivity contribution in [2.75, 3.05) is 30.3 Å². The number of nitrogens with one attached hydrogen (secondary N) is 4. The number of carbonyl (C=O) groups is 4. The van der Waals surface area contributed by atoms with Crippen LogP contribution in [0.15, 0.2) is 71.6 Å². The zero-order valence-electron chi connectivity index (χ0n) is 25.1. The molecule has 0 spiro atoms. The highest BCUT2D eigenvalue weighted by Crippen LogP contribution is 2.35. The third-order valence-corrected chi connectivity index (χ3v) is 7.49. The first-order valence-corrected chi connectivity index (χ1v) is 15.5. The van der Waals surface area contributed by atoms with Gasteiger partial charge in [-0.05, 0) is 72.7 Å². The van der Waals surface area contributed by atoms with E-state index in [2.05, 4.69) is 21.3 Å². The average molecular weight is 637 g/mol. The Morgan fingerprint density at radius 3 is 2.38 bits per heavy atom. The summed E-state index contributed by atoms with van der Waals surface area (Å²) in [6.07, 6.45) is 1.88. The Balaban J connectivity index is 1.31. The summed E-state index contributed by atoms with van der Waals surface area (Å²) in [5, 5.41) is 20.5. The summed E-state index contributed by atoms with van der Waals surface area (Å²) in [6.45, 7) is 3.52. The van der Waals surface area contributed by atoms with Crippen LogP contribution in [0.5, 0.6) is 17.2 Å². The summed E-state index contributed by atoms with van der Waals surface area (Å²) >= 11 is 1.52. The molecule has 2 atom stereocenters. The molecule has 4 amide bonds. The standard InChI is InChI=1S/C32H36N4O8S/c1-19(2)14-25(31(40)35-24(16-30(38)39)20-8-13-26-27(15-20)44-18-43-26)34-29(37)17-42-22-11-9-21(10-12-22)33-32(41)36-23-6-4-5-7-28(23)45-3/h4-13,15,19,24-25H,14,16-18H2,1-3H3,(H,34,37)(H,35,40)(H,38,39)(H2,33,36,41). The minimum absolute atomic E-state index is 0.0527. The number of aliphatic carboxylic acids is 1. The van der Waals surface area contributed by atoms with Gasteiger partial charge >= 0.3 is 12.0 Å². The monoisotopic (exact) mass is 636 g/mol. The molecule has 2 unspecified atom stereocenters. The zero-order chi connectivity index (χ0) is 32.3. The summed E-state index contributed by atoms with van der Waals surface area (Å²) in [4.78, 5) is 51.1. The number of thioether (sulfide) groups is 1. The third kappa shape index (κ3) is 9.80. The van der Waals surface area contributed by atoms with E-state index in [0.29, 0.717) is 40.6 Å². The molecule has 3 aromatic rings. The van der Waals surface area contributed by atoms with Crippen molar-refractivity contribution in [3.8, 4) is 17.2 Å². The number of rotatable bonds is 14. The summed E-state index contributed by atoms with van der Waals surface area (Å²) in [5.74, 6) is -0.704. The maximum Gasteiger partial charge on any atom is 0.323 e. The molecule has 5 N–H and O–H groups in total.